The Morgan fingerprint density at radius 2 is 1.33 bits per heavy atom. The summed E-state index contributed by atoms with van der Waals surface area (Å²) in [6.45, 7) is 0. The van der Waals surface area contributed by atoms with Crippen LogP contribution < -0.4 is 10.2 Å². The van der Waals surface area contributed by atoms with Crippen LogP contribution in [0.3, 0.4) is 0 Å². The maximum atomic E-state index is 8.33. The van der Waals surface area contributed by atoms with Gasteiger partial charge in [0.2, 0.25) is 0 Å². The zero-order valence-electron chi connectivity index (χ0n) is 2.88. The molecule has 0 aromatic rings. The standard InChI is InChI=1S/CH2O3.Ca.ClH2/c2-1(3)4;;/h(H2,2,3,4);;1H2/q;+2;+1/p-2. The minimum atomic E-state index is -2.33. The fraction of sp³-hybridized carbons (Fsp3) is 0. The Hall–Kier alpha value is 0.820. The molecule has 32 valence electrons. The molecule has 0 aromatic heterocycles. The molecule has 0 aliphatic carbocycles. The monoisotopic (exact) mass is 137 g/mol. The molecular weight excluding hydrogens is 136 g/mol. The van der Waals surface area contributed by atoms with Crippen LogP contribution in [0.2, 0.25) is 0 Å². The molecule has 0 saturated heterocycles. The third-order valence-electron chi connectivity index (χ3n) is 0. The Balaban J connectivity index is -0.0000000450. The number of carbonyl (C=O) groups excluding carboxylic acids is 1. The SMILES string of the molecule is O=C([O-])[O-].[Ca+2].[ClH2+]. The molecule has 0 amide bonds. The fourth-order valence-corrected chi connectivity index (χ4v) is 0. The first-order valence-electron chi connectivity index (χ1n) is 0.612. The van der Waals surface area contributed by atoms with Crippen molar-refractivity contribution >= 4 is 43.9 Å². The Bertz CT molecular complexity index is 33.8. The summed E-state index contributed by atoms with van der Waals surface area (Å²) < 4.78 is 0. The van der Waals surface area contributed by atoms with Crippen molar-refractivity contribution < 1.29 is 27.4 Å². The van der Waals surface area contributed by atoms with Crippen molar-refractivity contribution in [2.75, 3.05) is 0 Å². The van der Waals surface area contributed by atoms with Gasteiger partial charge < -0.3 is 15.0 Å². The molecule has 0 bridgehead atoms. The van der Waals surface area contributed by atoms with E-state index in [0.717, 1.165) is 0 Å². The van der Waals surface area contributed by atoms with E-state index in [1.165, 1.54) is 0 Å². The van der Waals surface area contributed by atoms with Gasteiger partial charge in [-0.25, -0.2) is 0 Å². The minimum Gasteiger partial charge on any atom is -0.652 e. The first-order valence-corrected chi connectivity index (χ1v) is 0.612. The van der Waals surface area contributed by atoms with Gasteiger partial charge in [0.05, 0.1) is 12.4 Å². The third kappa shape index (κ3) is 105. The molecule has 3 nitrogen and oxygen atoms in total. The smallest absolute Gasteiger partial charge is 0.652 e. The molecule has 0 radical (unpaired) electrons. The summed E-state index contributed by atoms with van der Waals surface area (Å²) in [5.41, 5.74) is 0. The molecule has 0 rings (SSSR count). The van der Waals surface area contributed by atoms with E-state index < -0.39 is 6.16 Å². The van der Waals surface area contributed by atoms with Crippen molar-refractivity contribution in [1.29, 1.82) is 0 Å². The van der Waals surface area contributed by atoms with Gasteiger partial charge in [-0.15, -0.1) is 0 Å². The summed E-state index contributed by atoms with van der Waals surface area (Å²) in [5, 5.41) is 16.7. The van der Waals surface area contributed by atoms with E-state index in [9.17, 15) is 0 Å². The first kappa shape index (κ1) is 15.8. The van der Waals surface area contributed by atoms with Crippen LogP contribution in [0.4, 0.5) is 4.79 Å². The normalized spacial score (nSPS) is 4.00. The minimum absolute atomic E-state index is 0. The van der Waals surface area contributed by atoms with Crippen LogP contribution in [-0.4, -0.2) is 43.9 Å². The van der Waals surface area contributed by atoms with Crippen LogP contribution in [-0.2, 0) is 0 Å². The summed E-state index contributed by atoms with van der Waals surface area (Å²) in [5.74, 6) is 0. The molecule has 0 atom stereocenters. The van der Waals surface area contributed by atoms with Crippen molar-refractivity contribution in [3.8, 4) is 0 Å². The maximum Gasteiger partial charge on any atom is 2.00 e. The van der Waals surface area contributed by atoms with Gasteiger partial charge >= 0.3 is 37.7 Å². The van der Waals surface area contributed by atoms with Crippen LogP contribution in [0.15, 0.2) is 0 Å². The van der Waals surface area contributed by atoms with Crippen molar-refractivity contribution in [2.45, 2.75) is 0 Å². The summed E-state index contributed by atoms with van der Waals surface area (Å²) in [7, 11) is 0. The number of hydrogen-bond acceptors (Lipinski definition) is 3. The quantitative estimate of drug-likeness (QED) is 0.328. The molecule has 0 aliphatic rings. The number of rotatable bonds is 0. The molecule has 0 N–H and O–H groups in total. The van der Waals surface area contributed by atoms with E-state index in [1.807, 2.05) is 0 Å². The average molecular weight is 138 g/mol. The van der Waals surface area contributed by atoms with Crippen LogP contribution in [0.1, 0.15) is 0 Å². The number of hydrogen-bond donors (Lipinski definition) is 0. The maximum absolute atomic E-state index is 8.33. The largest absolute Gasteiger partial charge is 2.00 e. The van der Waals surface area contributed by atoms with Gasteiger partial charge in [-0.05, 0) is 6.16 Å². The second kappa shape index (κ2) is 9.27. The molecule has 0 fully saturated rings. The molecule has 0 aliphatic heterocycles. The number of carboxylic acid groups (broad SMARTS) is 2. The molecule has 0 heterocycles. The second-order valence-corrected chi connectivity index (χ2v) is 0.250. The first-order chi connectivity index (χ1) is 1.73. The summed E-state index contributed by atoms with van der Waals surface area (Å²) in [6, 6.07) is 0. The molecule has 0 saturated carbocycles. The number of carbonyl (C=O) groups is 1. The van der Waals surface area contributed by atoms with Crippen LogP contribution in [0, 0.1) is 12.4 Å². The zero-order chi connectivity index (χ0) is 3.58. The van der Waals surface area contributed by atoms with Gasteiger partial charge in [0.15, 0.2) is 0 Å². The van der Waals surface area contributed by atoms with Crippen LogP contribution >= 0.6 is 0 Å². The molecule has 5 heteroatoms. The zero-order valence-corrected chi connectivity index (χ0v) is 5.98. The van der Waals surface area contributed by atoms with Crippen molar-refractivity contribution in [3.05, 3.63) is 0 Å². The van der Waals surface area contributed by atoms with Crippen molar-refractivity contribution in [3.63, 3.8) is 0 Å². The Kier molecular flexibility index (Phi) is 24.4. The van der Waals surface area contributed by atoms with Gasteiger partial charge in [0.25, 0.3) is 0 Å². The Morgan fingerprint density at radius 1 is 1.33 bits per heavy atom. The van der Waals surface area contributed by atoms with Crippen LogP contribution in [0.25, 0.3) is 0 Å². The van der Waals surface area contributed by atoms with Gasteiger partial charge in [-0.1, -0.05) is 0 Å². The summed E-state index contributed by atoms with van der Waals surface area (Å²) in [4.78, 5) is 8.33. The fourth-order valence-electron chi connectivity index (χ4n) is 0. The second-order valence-electron chi connectivity index (χ2n) is 0.250. The van der Waals surface area contributed by atoms with Gasteiger partial charge in [0.1, 0.15) is 0 Å². The van der Waals surface area contributed by atoms with Crippen LogP contribution in [0.5, 0.6) is 0 Å². The van der Waals surface area contributed by atoms with E-state index >= 15 is 0 Å². The predicted octanol–water partition coefficient (Wildman–Crippen LogP) is -3.36. The molecule has 0 unspecified atom stereocenters. The van der Waals surface area contributed by atoms with E-state index in [-0.39, 0.29) is 50.1 Å². The Labute approximate surface area is 70.8 Å². The Morgan fingerprint density at radius 3 is 1.33 bits per heavy atom. The third-order valence-corrected chi connectivity index (χ3v) is 0. The molecule has 6 heavy (non-hydrogen) atoms. The van der Waals surface area contributed by atoms with E-state index in [2.05, 4.69) is 0 Å². The van der Waals surface area contributed by atoms with E-state index in [0.29, 0.717) is 0 Å². The van der Waals surface area contributed by atoms with Gasteiger partial charge in [-0.3, -0.25) is 0 Å². The van der Waals surface area contributed by atoms with Crippen molar-refractivity contribution in [1.82, 2.24) is 0 Å². The molecule has 0 spiro atoms. The van der Waals surface area contributed by atoms with E-state index in [1.54, 1.807) is 0 Å². The average Bonchev–Trinajstić information content (AvgIpc) is 0.811. The van der Waals surface area contributed by atoms with E-state index in [4.69, 9.17) is 15.0 Å². The number of halogens is 1. The summed E-state index contributed by atoms with van der Waals surface area (Å²) in [6.07, 6.45) is -2.33. The summed E-state index contributed by atoms with van der Waals surface area (Å²) >= 11 is 0. The topological polar surface area (TPSA) is 63.2 Å². The molecule has 0 aromatic carbocycles. The predicted molar refractivity (Wildman–Crippen MR) is 13.9 cm³/mol. The van der Waals surface area contributed by atoms with Gasteiger partial charge in [-0.2, -0.15) is 0 Å². The van der Waals surface area contributed by atoms with Crippen molar-refractivity contribution in [2.24, 2.45) is 0 Å². The van der Waals surface area contributed by atoms with Gasteiger partial charge in [0, 0.05) is 0 Å². The molecular formula is CH2CaClO3+.